The van der Waals surface area contributed by atoms with Crippen LogP contribution < -0.4 is 9.80 Å². The summed E-state index contributed by atoms with van der Waals surface area (Å²) in [4.78, 5) is 36.4. The van der Waals surface area contributed by atoms with Crippen LogP contribution in [-0.2, 0) is 4.79 Å². The van der Waals surface area contributed by atoms with Crippen molar-refractivity contribution in [2.45, 2.75) is 0 Å². The zero-order valence-corrected chi connectivity index (χ0v) is 16.9. The number of pyridine rings is 1. The number of nitrogens with zero attached hydrogens (tertiary/aromatic N) is 6. The lowest BCUT2D eigenvalue weighted by Gasteiger charge is -2.38. The first-order valence-corrected chi connectivity index (χ1v) is 10.3. The molecule has 9 heteroatoms. The Kier molecular flexibility index (Phi) is 6.08. The van der Waals surface area contributed by atoms with Crippen LogP contribution in [0.25, 0.3) is 0 Å². The summed E-state index contributed by atoms with van der Waals surface area (Å²) in [6.45, 7) is 6.16. The van der Waals surface area contributed by atoms with E-state index >= 15 is 0 Å². The summed E-state index contributed by atoms with van der Waals surface area (Å²) in [5, 5.41) is 11.3. The highest BCUT2D eigenvalue weighted by atomic mass is 16.6. The highest BCUT2D eigenvalue weighted by molar-refractivity contribution is 5.78. The van der Waals surface area contributed by atoms with E-state index in [1.807, 2.05) is 34.1 Å². The molecule has 2 saturated heterocycles. The number of rotatable bonds is 5. The van der Waals surface area contributed by atoms with Crippen molar-refractivity contribution in [3.05, 3.63) is 58.8 Å². The van der Waals surface area contributed by atoms with Crippen LogP contribution in [0.15, 0.2) is 48.7 Å². The van der Waals surface area contributed by atoms with E-state index in [1.165, 1.54) is 6.07 Å². The molecule has 1 aromatic heterocycles. The maximum Gasteiger partial charge on any atom is 0.292 e. The predicted octanol–water partition coefficient (Wildman–Crippen LogP) is 1.46. The number of piperazine rings is 2. The molecule has 158 valence electrons. The van der Waals surface area contributed by atoms with Crippen LogP contribution in [0.4, 0.5) is 17.2 Å². The molecule has 0 bridgehead atoms. The molecule has 0 spiro atoms. The number of para-hydroxylation sites is 2. The molecular weight excluding hydrogens is 384 g/mol. The van der Waals surface area contributed by atoms with Crippen molar-refractivity contribution in [1.29, 1.82) is 0 Å². The van der Waals surface area contributed by atoms with Crippen molar-refractivity contribution in [3.63, 3.8) is 0 Å². The molecule has 30 heavy (non-hydrogen) atoms. The molecule has 0 N–H and O–H groups in total. The molecule has 1 aromatic carbocycles. The van der Waals surface area contributed by atoms with Gasteiger partial charge in [0, 0.05) is 64.6 Å². The Hall–Kier alpha value is -3.20. The van der Waals surface area contributed by atoms with Crippen LogP contribution in [0, 0.1) is 10.1 Å². The third-order valence-corrected chi connectivity index (χ3v) is 5.76. The van der Waals surface area contributed by atoms with Crippen molar-refractivity contribution < 1.29 is 9.72 Å². The summed E-state index contributed by atoms with van der Waals surface area (Å²) in [5.41, 5.74) is 0.739. The first-order valence-electron chi connectivity index (χ1n) is 10.3. The minimum atomic E-state index is -0.350. The molecule has 2 aliphatic rings. The fourth-order valence-corrected chi connectivity index (χ4v) is 4.05. The zero-order chi connectivity index (χ0) is 20.9. The van der Waals surface area contributed by atoms with E-state index in [9.17, 15) is 14.9 Å². The Balaban J connectivity index is 1.26. The van der Waals surface area contributed by atoms with Gasteiger partial charge in [0.1, 0.15) is 11.5 Å². The van der Waals surface area contributed by atoms with Crippen molar-refractivity contribution in [2.24, 2.45) is 0 Å². The average molecular weight is 410 g/mol. The quantitative estimate of drug-likeness (QED) is 0.545. The lowest BCUT2D eigenvalue weighted by Crippen LogP contribution is -2.54. The predicted molar refractivity (Wildman–Crippen MR) is 115 cm³/mol. The minimum Gasteiger partial charge on any atom is -0.362 e. The summed E-state index contributed by atoms with van der Waals surface area (Å²) >= 11 is 0. The fourth-order valence-electron chi connectivity index (χ4n) is 4.05. The molecule has 2 aliphatic heterocycles. The number of amides is 1. The van der Waals surface area contributed by atoms with Crippen LogP contribution in [0.2, 0.25) is 0 Å². The van der Waals surface area contributed by atoms with Gasteiger partial charge in [0.15, 0.2) is 0 Å². The van der Waals surface area contributed by atoms with E-state index in [0.29, 0.717) is 38.4 Å². The highest BCUT2D eigenvalue weighted by Gasteiger charge is 2.27. The van der Waals surface area contributed by atoms with E-state index in [-0.39, 0.29) is 16.5 Å². The van der Waals surface area contributed by atoms with E-state index in [1.54, 1.807) is 18.3 Å². The van der Waals surface area contributed by atoms with E-state index in [2.05, 4.69) is 14.8 Å². The first-order chi connectivity index (χ1) is 14.6. The van der Waals surface area contributed by atoms with Crippen LogP contribution in [0.3, 0.4) is 0 Å². The van der Waals surface area contributed by atoms with Gasteiger partial charge in [0.25, 0.3) is 5.69 Å². The van der Waals surface area contributed by atoms with Crippen LogP contribution >= 0.6 is 0 Å². The Morgan fingerprint density at radius 3 is 2.23 bits per heavy atom. The van der Waals surface area contributed by atoms with Crippen LogP contribution in [-0.4, -0.2) is 84.5 Å². The van der Waals surface area contributed by atoms with Gasteiger partial charge in [-0.05, 0) is 18.2 Å². The largest absolute Gasteiger partial charge is 0.362 e. The Morgan fingerprint density at radius 1 is 0.900 bits per heavy atom. The summed E-state index contributed by atoms with van der Waals surface area (Å²) in [5.74, 6) is 1.11. The molecular formula is C21H26N6O3. The van der Waals surface area contributed by atoms with Gasteiger partial charge < -0.3 is 14.7 Å². The molecule has 4 rings (SSSR count). The number of hydrogen-bond acceptors (Lipinski definition) is 7. The lowest BCUT2D eigenvalue weighted by atomic mass is 10.2. The van der Waals surface area contributed by atoms with Gasteiger partial charge in [0.05, 0.1) is 11.5 Å². The van der Waals surface area contributed by atoms with E-state index < -0.39 is 0 Å². The number of aromatic nitrogens is 1. The molecule has 3 heterocycles. The Bertz CT molecular complexity index is 877. The third kappa shape index (κ3) is 4.51. The van der Waals surface area contributed by atoms with Gasteiger partial charge in [-0.15, -0.1) is 0 Å². The molecule has 2 fully saturated rings. The van der Waals surface area contributed by atoms with E-state index in [0.717, 1.165) is 32.0 Å². The van der Waals surface area contributed by atoms with Gasteiger partial charge in [-0.3, -0.25) is 19.8 Å². The second-order valence-electron chi connectivity index (χ2n) is 7.56. The second-order valence-corrected chi connectivity index (χ2v) is 7.56. The summed E-state index contributed by atoms with van der Waals surface area (Å²) in [6.07, 6.45) is 1.80. The molecule has 0 saturated carbocycles. The molecule has 0 unspecified atom stereocenters. The van der Waals surface area contributed by atoms with E-state index in [4.69, 9.17) is 0 Å². The monoisotopic (exact) mass is 410 g/mol. The van der Waals surface area contributed by atoms with Crippen molar-refractivity contribution in [2.75, 3.05) is 68.7 Å². The molecule has 2 aromatic rings. The number of benzene rings is 1. The van der Waals surface area contributed by atoms with Crippen molar-refractivity contribution in [1.82, 2.24) is 14.8 Å². The Labute approximate surface area is 175 Å². The average Bonchev–Trinajstić information content (AvgIpc) is 2.80. The number of carbonyl (C=O) groups excluding carboxylic acids is 1. The minimum absolute atomic E-state index is 0.114. The van der Waals surface area contributed by atoms with Crippen LogP contribution in [0.1, 0.15) is 0 Å². The summed E-state index contributed by atoms with van der Waals surface area (Å²) in [7, 11) is 0. The normalized spacial score (nSPS) is 17.8. The SMILES string of the molecule is O=C(CN1CCN(c2ccccn2)CC1)N1CCN(c2ccccc2[N+](=O)[O-])CC1. The molecule has 0 atom stereocenters. The van der Waals surface area contributed by atoms with Crippen LogP contribution in [0.5, 0.6) is 0 Å². The van der Waals surface area contributed by atoms with Gasteiger partial charge in [-0.25, -0.2) is 4.98 Å². The van der Waals surface area contributed by atoms with Gasteiger partial charge in [-0.1, -0.05) is 18.2 Å². The topological polar surface area (TPSA) is 86.1 Å². The third-order valence-electron chi connectivity index (χ3n) is 5.76. The zero-order valence-electron chi connectivity index (χ0n) is 16.9. The highest BCUT2D eigenvalue weighted by Crippen LogP contribution is 2.28. The molecule has 0 aliphatic carbocycles. The van der Waals surface area contributed by atoms with Gasteiger partial charge >= 0.3 is 0 Å². The number of anilines is 2. The number of nitro benzene ring substituents is 1. The second kappa shape index (κ2) is 9.08. The maximum absolute atomic E-state index is 12.8. The smallest absolute Gasteiger partial charge is 0.292 e. The number of hydrogen-bond donors (Lipinski definition) is 0. The summed E-state index contributed by atoms with van der Waals surface area (Å²) in [6, 6.07) is 12.7. The molecule has 9 nitrogen and oxygen atoms in total. The van der Waals surface area contributed by atoms with Crippen molar-refractivity contribution in [3.8, 4) is 0 Å². The van der Waals surface area contributed by atoms with Gasteiger partial charge in [-0.2, -0.15) is 0 Å². The van der Waals surface area contributed by atoms with Gasteiger partial charge in [0.2, 0.25) is 5.91 Å². The summed E-state index contributed by atoms with van der Waals surface area (Å²) < 4.78 is 0. The Morgan fingerprint density at radius 2 is 1.57 bits per heavy atom. The number of nitro groups is 1. The fraction of sp³-hybridized carbons (Fsp3) is 0.429. The van der Waals surface area contributed by atoms with Crippen molar-refractivity contribution >= 4 is 23.1 Å². The standard InChI is InChI=1S/C21H26N6O3/c28-21(17-23-9-11-25(12-10-23)20-7-3-4-8-22-20)26-15-13-24(14-16-26)18-5-1-2-6-19(18)27(29)30/h1-8H,9-17H2. The molecule has 0 radical (unpaired) electrons. The number of carbonyl (C=O) groups is 1. The lowest BCUT2D eigenvalue weighted by molar-refractivity contribution is -0.384. The first kappa shape index (κ1) is 20.1. The molecule has 1 amide bonds. The maximum atomic E-state index is 12.8.